The molecule has 0 amide bonds. The molecule has 0 aliphatic heterocycles. The predicted octanol–water partition coefficient (Wildman–Crippen LogP) is 10.7. The van der Waals surface area contributed by atoms with Crippen LogP contribution in [0.3, 0.4) is 0 Å². The maximum Gasteiger partial charge on any atom is 0.343 e. The third kappa shape index (κ3) is 12.0. The lowest BCUT2D eigenvalue weighted by Crippen LogP contribution is -2.41. The second kappa shape index (κ2) is 18.4. The van der Waals surface area contributed by atoms with Gasteiger partial charge in [-0.2, -0.15) is 0 Å². The Morgan fingerprint density at radius 3 is 1.66 bits per heavy atom. The van der Waals surface area contributed by atoms with E-state index in [1.165, 1.54) is 51.4 Å². The number of unbranched alkanes of at least 4 members (excludes halogenated alkanes) is 8. The Kier molecular flexibility index (Phi) is 14.7. The minimum Gasteiger partial charge on any atom is -0.494 e. The van der Waals surface area contributed by atoms with Gasteiger partial charge in [0, 0.05) is 0 Å². The molecule has 0 aliphatic rings. The number of benzene rings is 3. The topological polar surface area (TPSA) is 61.8 Å². The van der Waals surface area contributed by atoms with Crippen LogP contribution in [0, 0.1) is 0 Å². The van der Waals surface area contributed by atoms with Crippen molar-refractivity contribution in [2.75, 3.05) is 6.61 Å². The lowest BCUT2D eigenvalue weighted by atomic mass is 10.0. The minimum absolute atomic E-state index is 0.0199. The molecule has 0 bridgehead atoms. The molecule has 0 saturated carbocycles. The standard InChI is InChI=1S/C38H52O5Si/c1-6-8-10-12-13-15-29-41-34-25-21-31(22-26-34)30-17-19-32(20-18-30)37(39)42-35-27-23-33(24-28-35)38(40)43-36(44(3,4)5)16-14-11-9-7-2/h17-28,36H,6-16,29H2,1-5H3. The molecule has 0 fully saturated rings. The SMILES string of the molecule is CCCCCCCCOc1ccc(-c2ccc(C(=O)Oc3ccc(C(=O)OC(CCCCCC)[Si](C)(C)C)cc3)cc2)cc1. The van der Waals surface area contributed by atoms with Gasteiger partial charge in [-0.1, -0.05) is 116 Å². The number of rotatable bonds is 19. The highest BCUT2D eigenvalue weighted by Gasteiger charge is 2.30. The molecule has 1 atom stereocenters. The van der Waals surface area contributed by atoms with E-state index < -0.39 is 14.0 Å². The van der Waals surface area contributed by atoms with Gasteiger partial charge < -0.3 is 14.2 Å². The van der Waals surface area contributed by atoms with Gasteiger partial charge in [0.1, 0.15) is 11.5 Å². The van der Waals surface area contributed by atoms with E-state index in [1.807, 2.05) is 36.4 Å². The average molecular weight is 617 g/mol. The van der Waals surface area contributed by atoms with E-state index in [2.05, 4.69) is 33.5 Å². The Hall–Kier alpha value is -3.38. The summed E-state index contributed by atoms with van der Waals surface area (Å²) in [7, 11) is -1.67. The maximum absolute atomic E-state index is 12.9. The molecule has 0 spiro atoms. The third-order valence-electron chi connectivity index (χ3n) is 7.91. The van der Waals surface area contributed by atoms with E-state index in [0.29, 0.717) is 16.9 Å². The van der Waals surface area contributed by atoms with E-state index in [0.717, 1.165) is 42.7 Å². The fraction of sp³-hybridized carbons (Fsp3) is 0.474. The molecule has 3 aromatic carbocycles. The first-order valence-electron chi connectivity index (χ1n) is 16.6. The lowest BCUT2D eigenvalue weighted by molar-refractivity contribution is 0.0413. The molecule has 0 aliphatic carbocycles. The Morgan fingerprint density at radius 2 is 1.07 bits per heavy atom. The zero-order valence-electron chi connectivity index (χ0n) is 27.5. The summed E-state index contributed by atoms with van der Waals surface area (Å²) in [5.41, 5.74) is 2.96. The number of hydrogen-bond donors (Lipinski definition) is 0. The van der Waals surface area contributed by atoms with Crippen LogP contribution in [0.2, 0.25) is 19.6 Å². The normalized spacial score (nSPS) is 12.0. The molecule has 44 heavy (non-hydrogen) atoms. The molecule has 0 radical (unpaired) electrons. The van der Waals surface area contributed by atoms with Gasteiger partial charge in [0.15, 0.2) is 0 Å². The molecule has 0 saturated heterocycles. The first-order valence-corrected chi connectivity index (χ1v) is 20.2. The molecule has 0 heterocycles. The zero-order chi connectivity index (χ0) is 31.8. The van der Waals surface area contributed by atoms with Crippen molar-refractivity contribution in [3.63, 3.8) is 0 Å². The first-order chi connectivity index (χ1) is 21.2. The van der Waals surface area contributed by atoms with Crippen LogP contribution < -0.4 is 9.47 Å². The molecule has 0 N–H and O–H groups in total. The lowest BCUT2D eigenvalue weighted by Gasteiger charge is -2.28. The van der Waals surface area contributed by atoms with Crippen molar-refractivity contribution in [1.82, 2.24) is 0 Å². The largest absolute Gasteiger partial charge is 0.494 e. The van der Waals surface area contributed by atoms with Crippen molar-refractivity contribution in [2.24, 2.45) is 0 Å². The van der Waals surface area contributed by atoms with E-state index in [4.69, 9.17) is 14.2 Å². The highest BCUT2D eigenvalue weighted by molar-refractivity contribution is 6.77. The Balaban J connectivity index is 1.49. The van der Waals surface area contributed by atoms with Crippen LogP contribution in [0.5, 0.6) is 11.5 Å². The van der Waals surface area contributed by atoms with Crippen molar-refractivity contribution in [3.05, 3.63) is 83.9 Å². The molecule has 3 aromatic rings. The van der Waals surface area contributed by atoms with Crippen LogP contribution in [-0.4, -0.2) is 32.3 Å². The summed E-state index contributed by atoms with van der Waals surface area (Å²) in [4.78, 5) is 25.7. The van der Waals surface area contributed by atoms with Crippen LogP contribution in [-0.2, 0) is 4.74 Å². The molecule has 6 heteroatoms. The van der Waals surface area contributed by atoms with Crippen molar-refractivity contribution in [3.8, 4) is 22.6 Å². The predicted molar refractivity (Wildman–Crippen MR) is 183 cm³/mol. The summed E-state index contributed by atoms with van der Waals surface area (Å²) in [6.45, 7) is 11.9. The summed E-state index contributed by atoms with van der Waals surface area (Å²) in [6, 6.07) is 22.0. The van der Waals surface area contributed by atoms with E-state index in [1.54, 1.807) is 36.4 Å². The number of carbonyl (C=O) groups excluding carboxylic acids is 2. The fourth-order valence-corrected chi connectivity index (χ4v) is 6.59. The van der Waals surface area contributed by atoms with Gasteiger partial charge >= 0.3 is 11.9 Å². The van der Waals surface area contributed by atoms with Gasteiger partial charge in [0.2, 0.25) is 0 Å². The molecular weight excluding hydrogens is 564 g/mol. The van der Waals surface area contributed by atoms with Crippen LogP contribution in [0.15, 0.2) is 72.8 Å². The monoisotopic (exact) mass is 616 g/mol. The molecule has 238 valence electrons. The maximum atomic E-state index is 12.9. The van der Waals surface area contributed by atoms with Gasteiger partial charge in [-0.3, -0.25) is 0 Å². The summed E-state index contributed by atoms with van der Waals surface area (Å²) >= 11 is 0. The molecule has 3 rings (SSSR count). The second-order valence-electron chi connectivity index (χ2n) is 12.7. The Bertz CT molecular complexity index is 1260. The van der Waals surface area contributed by atoms with Crippen molar-refractivity contribution >= 4 is 20.0 Å². The Labute approximate surface area is 266 Å². The Morgan fingerprint density at radius 1 is 0.591 bits per heavy atom. The van der Waals surface area contributed by atoms with E-state index in [-0.39, 0.29) is 11.7 Å². The smallest absolute Gasteiger partial charge is 0.343 e. The summed E-state index contributed by atoms with van der Waals surface area (Å²) < 4.78 is 17.4. The van der Waals surface area contributed by atoms with Crippen LogP contribution >= 0.6 is 0 Å². The number of hydrogen-bond acceptors (Lipinski definition) is 5. The minimum atomic E-state index is -1.67. The third-order valence-corrected chi connectivity index (χ3v) is 10.2. The number of ether oxygens (including phenoxy) is 3. The first kappa shape index (κ1) is 35.1. The fourth-order valence-electron chi connectivity index (χ4n) is 5.06. The number of carbonyl (C=O) groups is 2. The van der Waals surface area contributed by atoms with Crippen molar-refractivity contribution in [2.45, 2.75) is 110 Å². The quantitative estimate of drug-likeness (QED) is 0.0580. The van der Waals surface area contributed by atoms with Crippen LogP contribution in [0.4, 0.5) is 0 Å². The van der Waals surface area contributed by atoms with E-state index in [9.17, 15) is 9.59 Å². The van der Waals surface area contributed by atoms with Crippen LogP contribution in [0.25, 0.3) is 11.1 Å². The summed E-state index contributed by atoms with van der Waals surface area (Å²) in [6.07, 6.45) is 13.0. The molecule has 1 unspecified atom stereocenters. The van der Waals surface area contributed by atoms with Gasteiger partial charge in [0.05, 0.1) is 31.5 Å². The van der Waals surface area contributed by atoms with Crippen molar-refractivity contribution in [1.29, 1.82) is 0 Å². The molecule has 5 nitrogen and oxygen atoms in total. The van der Waals surface area contributed by atoms with Crippen LogP contribution in [0.1, 0.15) is 105 Å². The summed E-state index contributed by atoms with van der Waals surface area (Å²) in [5.74, 6) is 0.489. The molecule has 0 aromatic heterocycles. The van der Waals surface area contributed by atoms with Gasteiger partial charge in [-0.15, -0.1) is 0 Å². The highest BCUT2D eigenvalue weighted by Crippen LogP contribution is 2.25. The highest BCUT2D eigenvalue weighted by atomic mass is 28.3. The zero-order valence-corrected chi connectivity index (χ0v) is 28.5. The summed E-state index contributed by atoms with van der Waals surface area (Å²) in [5, 5.41) is 0. The van der Waals surface area contributed by atoms with Gasteiger partial charge in [-0.05, 0) is 72.5 Å². The number of esters is 2. The van der Waals surface area contributed by atoms with Gasteiger partial charge in [0.25, 0.3) is 0 Å². The second-order valence-corrected chi connectivity index (χ2v) is 18.1. The molecular formula is C38H52O5Si. The van der Waals surface area contributed by atoms with E-state index >= 15 is 0 Å². The average Bonchev–Trinajstić information content (AvgIpc) is 3.02. The van der Waals surface area contributed by atoms with Gasteiger partial charge in [-0.25, -0.2) is 9.59 Å². The van der Waals surface area contributed by atoms with Crippen molar-refractivity contribution < 1.29 is 23.8 Å².